The lowest BCUT2D eigenvalue weighted by molar-refractivity contribution is -0.274. The number of anilines is 2. The molecule has 1 aromatic carbocycles. The highest BCUT2D eigenvalue weighted by atomic mass is 79.9. The van der Waals surface area contributed by atoms with Crippen LogP contribution < -0.4 is 15.8 Å². The Bertz CT molecular complexity index is 675. The summed E-state index contributed by atoms with van der Waals surface area (Å²) in [5.41, 5.74) is 5.24. The van der Waals surface area contributed by atoms with Gasteiger partial charge in [-0.05, 0) is 34.1 Å². The summed E-state index contributed by atoms with van der Waals surface area (Å²) in [5.74, 6) is -1.10. The summed E-state index contributed by atoms with van der Waals surface area (Å²) in [5, 5.41) is 2.84. The number of alkyl halides is 3. The number of nitrogen functional groups attached to an aromatic ring is 1. The largest absolute Gasteiger partial charge is 0.573 e. The fourth-order valence-corrected chi connectivity index (χ4v) is 2.49. The van der Waals surface area contributed by atoms with E-state index >= 15 is 0 Å². The van der Waals surface area contributed by atoms with Gasteiger partial charge in [-0.2, -0.15) is 0 Å². The molecule has 0 aliphatic heterocycles. The van der Waals surface area contributed by atoms with Crippen molar-refractivity contribution in [2.75, 3.05) is 11.1 Å². The van der Waals surface area contributed by atoms with Crippen molar-refractivity contribution in [3.05, 3.63) is 33.7 Å². The highest BCUT2D eigenvalue weighted by molar-refractivity contribution is 9.11. The summed E-state index contributed by atoms with van der Waals surface area (Å²) in [6.45, 7) is 0. The second-order valence-electron chi connectivity index (χ2n) is 3.72. The summed E-state index contributed by atoms with van der Waals surface area (Å²) in [6, 6.07) is 3.25. The van der Waals surface area contributed by atoms with Crippen LogP contribution >= 0.6 is 27.3 Å². The summed E-state index contributed by atoms with van der Waals surface area (Å²) in [7, 11) is 0. The molecule has 0 bridgehead atoms. The van der Waals surface area contributed by atoms with Crippen LogP contribution in [0.15, 0.2) is 28.2 Å². The molecule has 0 unspecified atom stereocenters. The molecule has 0 atom stereocenters. The molecule has 21 heavy (non-hydrogen) atoms. The summed E-state index contributed by atoms with van der Waals surface area (Å²) >= 11 is 4.38. The number of aromatic nitrogens is 1. The number of hydrogen-bond acceptors (Lipinski definition) is 5. The molecule has 0 aliphatic carbocycles. The smallest absolute Gasteiger partial charge is 0.404 e. The molecule has 0 fully saturated rings. The zero-order valence-corrected chi connectivity index (χ0v) is 12.5. The van der Waals surface area contributed by atoms with Crippen molar-refractivity contribution in [1.29, 1.82) is 0 Å². The molecular formula is C11H7BrF3N3O2S. The predicted molar refractivity (Wildman–Crippen MR) is 75.3 cm³/mol. The van der Waals surface area contributed by atoms with E-state index in [0.717, 1.165) is 15.9 Å². The average Bonchev–Trinajstić information content (AvgIpc) is 2.75. The van der Waals surface area contributed by atoms with E-state index in [4.69, 9.17) is 5.73 Å². The maximum atomic E-state index is 12.1. The number of nitrogens with one attached hydrogen (secondary N) is 1. The van der Waals surface area contributed by atoms with Crippen molar-refractivity contribution in [2.24, 2.45) is 0 Å². The Kier molecular flexibility index (Phi) is 4.37. The number of amides is 1. The molecule has 0 aliphatic rings. The lowest BCUT2D eigenvalue weighted by Crippen LogP contribution is -2.18. The third-order valence-electron chi connectivity index (χ3n) is 2.20. The van der Waals surface area contributed by atoms with Gasteiger partial charge in [-0.15, -0.1) is 13.2 Å². The van der Waals surface area contributed by atoms with E-state index in [-0.39, 0.29) is 11.3 Å². The minimum absolute atomic E-state index is 0.0911. The zero-order valence-electron chi connectivity index (χ0n) is 10.1. The number of nitrogens with zero attached hydrogens (tertiary/aromatic N) is 1. The summed E-state index contributed by atoms with van der Waals surface area (Å²) < 4.78 is 40.7. The van der Waals surface area contributed by atoms with Crippen LogP contribution in [0.1, 0.15) is 10.4 Å². The molecule has 5 nitrogen and oxygen atoms in total. The first-order chi connectivity index (χ1) is 9.74. The molecule has 1 aromatic heterocycles. The van der Waals surface area contributed by atoms with Gasteiger partial charge in [-0.3, -0.25) is 10.1 Å². The van der Waals surface area contributed by atoms with E-state index in [9.17, 15) is 18.0 Å². The molecule has 10 heteroatoms. The fourth-order valence-electron chi connectivity index (χ4n) is 1.39. The number of hydrogen-bond donors (Lipinski definition) is 2. The SMILES string of the molecule is Nc1cc(C(=O)Nc2ncc(Br)s2)ccc1OC(F)(F)F. The van der Waals surface area contributed by atoms with Crippen molar-refractivity contribution in [3.8, 4) is 5.75 Å². The van der Waals surface area contributed by atoms with Crippen molar-refractivity contribution >= 4 is 44.0 Å². The second kappa shape index (κ2) is 5.90. The molecule has 0 saturated carbocycles. The predicted octanol–water partition coefficient (Wildman–Crippen LogP) is 3.64. The summed E-state index contributed by atoms with van der Waals surface area (Å²) in [4.78, 5) is 15.8. The Morgan fingerprint density at radius 1 is 1.43 bits per heavy atom. The second-order valence-corrected chi connectivity index (χ2v) is 6.13. The Labute approximate surface area is 129 Å². The molecule has 112 valence electrons. The Morgan fingerprint density at radius 3 is 2.67 bits per heavy atom. The van der Waals surface area contributed by atoms with E-state index in [1.54, 1.807) is 0 Å². The van der Waals surface area contributed by atoms with Gasteiger partial charge < -0.3 is 10.5 Å². The lowest BCUT2D eigenvalue weighted by Gasteiger charge is -2.11. The molecule has 2 aromatic rings. The number of ether oxygens (including phenoxy) is 1. The van der Waals surface area contributed by atoms with Gasteiger partial charge in [-0.25, -0.2) is 4.98 Å². The fraction of sp³-hybridized carbons (Fsp3) is 0.0909. The van der Waals surface area contributed by atoms with Gasteiger partial charge in [-0.1, -0.05) is 11.3 Å². The minimum Gasteiger partial charge on any atom is -0.404 e. The first-order valence-corrected chi connectivity index (χ1v) is 6.93. The van der Waals surface area contributed by atoms with E-state index < -0.39 is 18.0 Å². The molecule has 3 N–H and O–H groups in total. The van der Waals surface area contributed by atoms with E-state index in [2.05, 4.69) is 31.0 Å². The molecule has 0 saturated heterocycles. The third kappa shape index (κ3) is 4.33. The van der Waals surface area contributed by atoms with Crippen LogP contribution in [0.5, 0.6) is 5.75 Å². The van der Waals surface area contributed by atoms with Crippen LogP contribution in [0.3, 0.4) is 0 Å². The number of halogens is 4. The molecule has 2 rings (SSSR count). The number of nitrogens with two attached hydrogens (primary N) is 1. The molecule has 0 spiro atoms. The van der Waals surface area contributed by atoms with Gasteiger partial charge in [0, 0.05) is 5.56 Å². The van der Waals surface area contributed by atoms with Crippen LogP contribution in [0.4, 0.5) is 24.0 Å². The number of benzene rings is 1. The topological polar surface area (TPSA) is 77.2 Å². The Morgan fingerprint density at radius 2 is 2.14 bits per heavy atom. The normalized spacial score (nSPS) is 11.2. The quantitative estimate of drug-likeness (QED) is 0.795. The van der Waals surface area contributed by atoms with Gasteiger partial charge in [0.05, 0.1) is 15.7 Å². The van der Waals surface area contributed by atoms with E-state index in [1.165, 1.54) is 23.6 Å². The monoisotopic (exact) mass is 381 g/mol. The van der Waals surface area contributed by atoms with Crippen LogP contribution in [-0.2, 0) is 0 Å². The highest BCUT2D eigenvalue weighted by Gasteiger charge is 2.32. The number of carbonyl (C=O) groups is 1. The Hall–Kier alpha value is -1.81. The van der Waals surface area contributed by atoms with Gasteiger partial charge >= 0.3 is 6.36 Å². The van der Waals surface area contributed by atoms with Crippen LogP contribution in [-0.4, -0.2) is 17.3 Å². The van der Waals surface area contributed by atoms with Gasteiger partial charge in [0.25, 0.3) is 5.91 Å². The van der Waals surface area contributed by atoms with Crippen LogP contribution in [0.25, 0.3) is 0 Å². The number of carbonyl (C=O) groups excluding carboxylic acids is 1. The van der Waals surface area contributed by atoms with E-state index in [0.29, 0.717) is 5.13 Å². The standard InChI is InChI=1S/C11H7BrF3N3O2S/c12-8-4-17-10(21-8)18-9(19)5-1-2-7(6(16)3-5)20-11(13,14)15/h1-4H,16H2,(H,17,18,19). The number of rotatable bonds is 3. The third-order valence-corrected chi connectivity index (χ3v) is 3.59. The highest BCUT2D eigenvalue weighted by Crippen LogP contribution is 2.29. The van der Waals surface area contributed by atoms with Gasteiger partial charge in [0.1, 0.15) is 0 Å². The molecule has 0 radical (unpaired) electrons. The first-order valence-electron chi connectivity index (χ1n) is 5.32. The summed E-state index contributed by atoms with van der Waals surface area (Å²) in [6.07, 6.45) is -3.33. The maximum Gasteiger partial charge on any atom is 0.573 e. The average molecular weight is 382 g/mol. The van der Waals surface area contributed by atoms with Crippen molar-refractivity contribution in [2.45, 2.75) is 6.36 Å². The molecule has 1 amide bonds. The van der Waals surface area contributed by atoms with Crippen LogP contribution in [0, 0.1) is 0 Å². The van der Waals surface area contributed by atoms with Crippen molar-refractivity contribution in [1.82, 2.24) is 4.98 Å². The minimum atomic E-state index is -4.84. The zero-order chi connectivity index (χ0) is 15.6. The first kappa shape index (κ1) is 15.6. The van der Waals surface area contributed by atoms with Gasteiger partial charge in [0.2, 0.25) is 0 Å². The van der Waals surface area contributed by atoms with Crippen molar-refractivity contribution in [3.63, 3.8) is 0 Å². The van der Waals surface area contributed by atoms with Gasteiger partial charge in [0.15, 0.2) is 10.9 Å². The van der Waals surface area contributed by atoms with Crippen LogP contribution in [0.2, 0.25) is 0 Å². The number of thiazole rings is 1. The molecule has 1 heterocycles. The molecular weight excluding hydrogens is 375 g/mol. The van der Waals surface area contributed by atoms with Crippen molar-refractivity contribution < 1.29 is 22.7 Å². The maximum absolute atomic E-state index is 12.1. The lowest BCUT2D eigenvalue weighted by atomic mass is 10.2. The van der Waals surface area contributed by atoms with E-state index in [1.807, 2.05) is 0 Å². The Balaban J connectivity index is 2.14.